The zero-order chi connectivity index (χ0) is 15.3. The van der Waals surface area contributed by atoms with Crippen LogP contribution in [0.2, 0.25) is 0 Å². The molecule has 0 aliphatic heterocycles. The van der Waals surface area contributed by atoms with Gasteiger partial charge in [-0.3, -0.25) is 4.63 Å². The van der Waals surface area contributed by atoms with E-state index in [1.54, 1.807) is 30.3 Å². The van der Waals surface area contributed by atoms with Gasteiger partial charge < -0.3 is 5.21 Å². The van der Waals surface area contributed by atoms with Gasteiger partial charge in [0, 0.05) is 5.56 Å². The average Bonchev–Trinajstić information content (AvgIpc) is 2.87. The molecule has 1 heterocycles. The van der Waals surface area contributed by atoms with Crippen LogP contribution in [0.3, 0.4) is 0 Å². The molecule has 0 aliphatic carbocycles. The van der Waals surface area contributed by atoms with E-state index in [1.165, 1.54) is 0 Å². The fourth-order valence-corrected chi connectivity index (χ4v) is 3.49. The SMILES string of the molecule is CCCCCCS(=O)(=O)c1no[n+]([O-])c1-c1ccccc1. The van der Waals surface area contributed by atoms with Crippen LogP contribution in [0.1, 0.15) is 32.6 Å². The summed E-state index contributed by atoms with van der Waals surface area (Å²) in [6.45, 7) is 2.06. The minimum Gasteiger partial charge on any atom is -0.359 e. The first-order valence-electron chi connectivity index (χ1n) is 6.94. The Morgan fingerprint density at radius 3 is 2.57 bits per heavy atom. The summed E-state index contributed by atoms with van der Waals surface area (Å²) < 4.78 is 29.2. The Morgan fingerprint density at radius 2 is 1.90 bits per heavy atom. The normalized spacial score (nSPS) is 11.7. The lowest BCUT2D eigenvalue weighted by atomic mass is 10.2. The standard InChI is InChI=1S/C14H18N2O4S/c1-2-3-4-8-11-21(18,19)14-13(16(17)20-15-14)12-9-6-5-7-10-12/h5-7,9-10H,2-4,8,11H2,1H3. The average molecular weight is 310 g/mol. The van der Waals surface area contributed by atoms with Crippen LogP contribution in [0.15, 0.2) is 40.0 Å². The summed E-state index contributed by atoms with van der Waals surface area (Å²) in [6.07, 6.45) is 3.41. The molecule has 21 heavy (non-hydrogen) atoms. The summed E-state index contributed by atoms with van der Waals surface area (Å²) >= 11 is 0. The molecular weight excluding hydrogens is 292 g/mol. The van der Waals surface area contributed by atoms with E-state index in [1.807, 2.05) is 0 Å². The summed E-state index contributed by atoms with van der Waals surface area (Å²) in [4.78, 5) is 0.147. The molecule has 2 aromatic rings. The number of hydrogen-bond acceptors (Lipinski definition) is 5. The maximum atomic E-state index is 12.3. The molecule has 0 bridgehead atoms. The van der Waals surface area contributed by atoms with Crippen LogP contribution in [-0.4, -0.2) is 19.3 Å². The number of benzene rings is 1. The first-order chi connectivity index (χ1) is 10.1. The first kappa shape index (κ1) is 15.5. The Bertz CT molecular complexity index is 680. The Kier molecular flexibility index (Phi) is 4.95. The number of rotatable bonds is 7. The van der Waals surface area contributed by atoms with Crippen molar-refractivity contribution in [2.45, 2.75) is 37.6 Å². The molecule has 7 heteroatoms. The number of nitrogens with zero attached hydrogens (tertiary/aromatic N) is 2. The monoisotopic (exact) mass is 310 g/mol. The van der Waals surface area contributed by atoms with Gasteiger partial charge in [0.2, 0.25) is 15.5 Å². The van der Waals surface area contributed by atoms with Gasteiger partial charge >= 0.3 is 5.03 Å². The topological polar surface area (TPSA) is 87.1 Å². The largest absolute Gasteiger partial charge is 0.359 e. The van der Waals surface area contributed by atoms with E-state index >= 15 is 0 Å². The highest BCUT2D eigenvalue weighted by atomic mass is 32.2. The van der Waals surface area contributed by atoms with E-state index in [4.69, 9.17) is 0 Å². The fourth-order valence-electron chi connectivity index (χ4n) is 2.08. The molecule has 1 aromatic carbocycles. The summed E-state index contributed by atoms with van der Waals surface area (Å²) in [6, 6.07) is 8.53. The van der Waals surface area contributed by atoms with Gasteiger partial charge in [-0.15, -0.1) is 0 Å². The van der Waals surface area contributed by atoms with Crippen LogP contribution in [0.4, 0.5) is 0 Å². The molecule has 0 fully saturated rings. The molecule has 0 unspecified atom stereocenters. The van der Waals surface area contributed by atoms with Crippen molar-refractivity contribution in [1.29, 1.82) is 0 Å². The molecule has 0 spiro atoms. The van der Waals surface area contributed by atoms with E-state index in [-0.39, 0.29) is 21.4 Å². The van der Waals surface area contributed by atoms with Crippen LogP contribution in [0.25, 0.3) is 11.3 Å². The highest BCUT2D eigenvalue weighted by Gasteiger charge is 2.32. The molecule has 1 aromatic heterocycles. The first-order valence-corrected chi connectivity index (χ1v) is 8.59. The zero-order valence-electron chi connectivity index (χ0n) is 11.9. The van der Waals surface area contributed by atoms with Gasteiger partial charge in [-0.05, 0) is 11.3 Å². The quantitative estimate of drug-likeness (QED) is 0.578. The predicted molar refractivity (Wildman–Crippen MR) is 77.1 cm³/mol. The van der Waals surface area contributed by atoms with Crippen LogP contribution in [-0.2, 0) is 9.84 Å². The third-order valence-corrected chi connectivity index (χ3v) is 4.87. The lowest BCUT2D eigenvalue weighted by Crippen LogP contribution is -2.26. The van der Waals surface area contributed by atoms with Gasteiger partial charge in [-0.25, -0.2) is 8.42 Å². The van der Waals surface area contributed by atoms with Crippen LogP contribution in [0, 0.1) is 5.21 Å². The lowest BCUT2D eigenvalue weighted by molar-refractivity contribution is -0.793. The van der Waals surface area contributed by atoms with Crippen LogP contribution < -0.4 is 4.90 Å². The maximum absolute atomic E-state index is 12.3. The molecule has 2 rings (SSSR count). The molecule has 0 N–H and O–H groups in total. The van der Waals surface area contributed by atoms with E-state index < -0.39 is 9.84 Å². The van der Waals surface area contributed by atoms with Crippen LogP contribution in [0.5, 0.6) is 0 Å². The summed E-state index contributed by atoms with van der Waals surface area (Å²) in [5.74, 6) is -0.0284. The predicted octanol–water partition coefficient (Wildman–Crippen LogP) is 2.33. The minimum atomic E-state index is -3.62. The second-order valence-electron chi connectivity index (χ2n) is 4.83. The number of hydrogen-bond donors (Lipinski definition) is 0. The Morgan fingerprint density at radius 1 is 1.19 bits per heavy atom. The summed E-state index contributed by atoms with van der Waals surface area (Å²) in [5, 5.41) is 14.9. The Hall–Kier alpha value is -1.89. The van der Waals surface area contributed by atoms with Gasteiger partial charge in [0.15, 0.2) is 0 Å². The van der Waals surface area contributed by atoms with Gasteiger partial charge in [-0.1, -0.05) is 56.5 Å². The highest BCUT2D eigenvalue weighted by Crippen LogP contribution is 2.23. The minimum absolute atomic E-state index is 0.0284. The van der Waals surface area contributed by atoms with Crippen molar-refractivity contribution in [3.05, 3.63) is 35.5 Å². The van der Waals surface area contributed by atoms with Gasteiger partial charge in [-0.2, -0.15) is 0 Å². The smallest absolute Gasteiger partial charge is 0.339 e. The van der Waals surface area contributed by atoms with Crippen molar-refractivity contribution in [2.75, 3.05) is 5.75 Å². The van der Waals surface area contributed by atoms with Crippen molar-refractivity contribution in [3.63, 3.8) is 0 Å². The van der Waals surface area contributed by atoms with Gasteiger partial charge in [0.25, 0.3) is 0 Å². The van der Waals surface area contributed by atoms with Crippen molar-refractivity contribution >= 4 is 9.84 Å². The second kappa shape index (κ2) is 6.71. The lowest BCUT2D eigenvalue weighted by Gasteiger charge is -2.01. The molecule has 114 valence electrons. The van der Waals surface area contributed by atoms with Crippen molar-refractivity contribution in [3.8, 4) is 11.3 Å². The van der Waals surface area contributed by atoms with E-state index in [0.29, 0.717) is 12.0 Å². The molecule has 0 saturated heterocycles. The maximum Gasteiger partial charge on any atom is 0.339 e. The third-order valence-electron chi connectivity index (χ3n) is 3.19. The molecule has 0 saturated carbocycles. The van der Waals surface area contributed by atoms with Gasteiger partial charge in [0.05, 0.1) is 10.9 Å². The fraction of sp³-hybridized carbons (Fsp3) is 0.429. The molecule has 6 nitrogen and oxygen atoms in total. The van der Waals surface area contributed by atoms with E-state index in [0.717, 1.165) is 19.3 Å². The van der Waals surface area contributed by atoms with Crippen molar-refractivity contribution in [2.24, 2.45) is 0 Å². The Balaban J connectivity index is 2.28. The number of sulfone groups is 1. The summed E-state index contributed by atoms with van der Waals surface area (Å²) in [5.41, 5.74) is 0.423. The second-order valence-corrected chi connectivity index (χ2v) is 6.85. The van der Waals surface area contributed by atoms with Crippen molar-refractivity contribution in [1.82, 2.24) is 5.16 Å². The Labute approximate surface area is 123 Å². The molecule has 0 radical (unpaired) electrons. The van der Waals surface area contributed by atoms with Crippen LogP contribution >= 0.6 is 0 Å². The number of unbranched alkanes of at least 4 members (excludes halogenated alkanes) is 3. The number of aromatic nitrogens is 2. The van der Waals surface area contributed by atoms with Crippen molar-refractivity contribution < 1.29 is 17.9 Å². The molecule has 0 aliphatic rings. The third kappa shape index (κ3) is 3.60. The highest BCUT2D eigenvalue weighted by molar-refractivity contribution is 7.91. The van der Waals surface area contributed by atoms with E-state index in [9.17, 15) is 13.6 Å². The van der Waals surface area contributed by atoms with E-state index in [2.05, 4.69) is 16.7 Å². The molecule has 0 amide bonds. The zero-order valence-corrected chi connectivity index (χ0v) is 12.7. The van der Waals surface area contributed by atoms with Gasteiger partial charge in [0.1, 0.15) is 0 Å². The molecular formula is C14H18N2O4S. The molecule has 0 atom stereocenters. The summed E-state index contributed by atoms with van der Waals surface area (Å²) in [7, 11) is -3.62.